The van der Waals surface area contributed by atoms with Crippen LogP contribution in [-0.2, 0) is 19.3 Å². The van der Waals surface area contributed by atoms with Crippen molar-refractivity contribution in [1.82, 2.24) is 24.6 Å². The molecule has 4 rings (SSSR count). The Balaban J connectivity index is 1.41. The minimum Gasteiger partial charge on any atom is -0.350 e. The van der Waals surface area contributed by atoms with E-state index in [1.165, 1.54) is 21.8 Å². The SMILES string of the molecule is Cc1cccc(Cn2cnc3c(cnn3CCNC(=O)c3ccc(C(F)(F)F)cc3)c2=O)c1. The number of rotatable bonds is 6. The number of aromatic nitrogens is 4. The molecular formula is C23H20F3N5O2. The van der Waals surface area contributed by atoms with Gasteiger partial charge in [0.05, 0.1) is 24.8 Å². The van der Waals surface area contributed by atoms with Crippen molar-refractivity contribution in [3.8, 4) is 0 Å². The van der Waals surface area contributed by atoms with Crippen LogP contribution < -0.4 is 10.9 Å². The summed E-state index contributed by atoms with van der Waals surface area (Å²) >= 11 is 0. The van der Waals surface area contributed by atoms with Crippen molar-refractivity contribution < 1.29 is 18.0 Å². The minimum absolute atomic E-state index is 0.116. The highest BCUT2D eigenvalue weighted by Crippen LogP contribution is 2.29. The van der Waals surface area contributed by atoms with Crippen molar-refractivity contribution in [3.63, 3.8) is 0 Å². The van der Waals surface area contributed by atoms with E-state index in [-0.39, 0.29) is 24.2 Å². The second-order valence-electron chi connectivity index (χ2n) is 7.60. The first-order valence-electron chi connectivity index (χ1n) is 10.1. The molecule has 0 atom stereocenters. The van der Waals surface area contributed by atoms with E-state index in [4.69, 9.17) is 0 Å². The molecule has 0 aliphatic heterocycles. The van der Waals surface area contributed by atoms with Gasteiger partial charge in [-0.15, -0.1) is 0 Å². The number of carbonyl (C=O) groups is 1. The van der Waals surface area contributed by atoms with Gasteiger partial charge in [0, 0.05) is 12.1 Å². The maximum absolute atomic E-state index is 12.8. The number of amides is 1. The Labute approximate surface area is 186 Å². The van der Waals surface area contributed by atoms with Crippen LogP contribution in [0.4, 0.5) is 13.2 Å². The Morgan fingerprint density at radius 3 is 2.58 bits per heavy atom. The van der Waals surface area contributed by atoms with Gasteiger partial charge in [-0.25, -0.2) is 9.67 Å². The lowest BCUT2D eigenvalue weighted by Crippen LogP contribution is -2.28. The Hall–Kier alpha value is -3.95. The molecule has 0 saturated heterocycles. The third-order valence-corrected chi connectivity index (χ3v) is 5.14. The first-order valence-corrected chi connectivity index (χ1v) is 10.1. The molecule has 1 N–H and O–H groups in total. The van der Waals surface area contributed by atoms with E-state index < -0.39 is 17.6 Å². The highest BCUT2D eigenvalue weighted by atomic mass is 19.4. The Bertz CT molecular complexity index is 1360. The predicted octanol–water partition coefficient (Wildman–Crippen LogP) is 3.40. The Kier molecular flexibility index (Phi) is 5.99. The summed E-state index contributed by atoms with van der Waals surface area (Å²) in [4.78, 5) is 29.4. The van der Waals surface area contributed by atoms with Crippen molar-refractivity contribution in [1.29, 1.82) is 0 Å². The fourth-order valence-electron chi connectivity index (χ4n) is 3.47. The van der Waals surface area contributed by atoms with E-state index in [9.17, 15) is 22.8 Å². The molecule has 7 nitrogen and oxygen atoms in total. The van der Waals surface area contributed by atoms with E-state index in [0.29, 0.717) is 17.6 Å². The molecular weight excluding hydrogens is 435 g/mol. The van der Waals surface area contributed by atoms with Crippen LogP contribution in [0.2, 0.25) is 0 Å². The second kappa shape index (κ2) is 8.89. The van der Waals surface area contributed by atoms with Gasteiger partial charge < -0.3 is 5.32 Å². The van der Waals surface area contributed by atoms with Crippen LogP contribution in [0.15, 0.2) is 65.8 Å². The number of nitrogens with zero attached hydrogens (tertiary/aromatic N) is 4. The molecule has 33 heavy (non-hydrogen) atoms. The van der Waals surface area contributed by atoms with Crippen LogP contribution in [0.5, 0.6) is 0 Å². The second-order valence-corrected chi connectivity index (χ2v) is 7.60. The van der Waals surface area contributed by atoms with Gasteiger partial charge in [0.2, 0.25) is 0 Å². The van der Waals surface area contributed by atoms with E-state index in [1.807, 2.05) is 31.2 Å². The van der Waals surface area contributed by atoms with Gasteiger partial charge in [-0.05, 0) is 36.8 Å². The number of nitrogens with one attached hydrogen (secondary N) is 1. The monoisotopic (exact) mass is 455 g/mol. The van der Waals surface area contributed by atoms with Crippen LogP contribution in [0.25, 0.3) is 11.0 Å². The number of hydrogen-bond donors (Lipinski definition) is 1. The summed E-state index contributed by atoms with van der Waals surface area (Å²) in [6.07, 6.45) is -1.55. The minimum atomic E-state index is -4.46. The van der Waals surface area contributed by atoms with Crippen LogP contribution in [0.3, 0.4) is 0 Å². The van der Waals surface area contributed by atoms with Gasteiger partial charge in [-0.2, -0.15) is 18.3 Å². The summed E-state index contributed by atoms with van der Waals surface area (Å²) in [6.45, 7) is 2.76. The lowest BCUT2D eigenvalue weighted by molar-refractivity contribution is -0.137. The molecule has 1 amide bonds. The standard InChI is InChI=1S/C23H20F3N5O2/c1-15-3-2-4-16(11-15)13-30-14-28-20-19(22(30)33)12-29-31(20)10-9-27-21(32)17-5-7-18(8-6-17)23(24,25)26/h2-8,11-12,14H,9-10,13H2,1H3,(H,27,32). The fourth-order valence-corrected chi connectivity index (χ4v) is 3.47. The summed E-state index contributed by atoms with van der Waals surface area (Å²) in [5.74, 6) is -0.506. The number of fused-ring (bicyclic) bond motifs is 1. The number of hydrogen-bond acceptors (Lipinski definition) is 4. The maximum Gasteiger partial charge on any atom is 0.416 e. The quantitative estimate of drug-likeness (QED) is 0.483. The highest BCUT2D eigenvalue weighted by molar-refractivity contribution is 5.94. The number of aryl methyl sites for hydroxylation is 1. The third-order valence-electron chi connectivity index (χ3n) is 5.14. The first-order chi connectivity index (χ1) is 15.7. The number of benzene rings is 2. The van der Waals surface area contributed by atoms with Crippen molar-refractivity contribution in [2.45, 2.75) is 26.2 Å². The van der Waals surface area contributed by atoms with Gasteiger partial charge in [-0.1, -0.05) is 29.8 Å². The van der Waals surface area contributed by atoms with Gasteiger partial charge in [0.15, 0.2) is 5.65 Å². The molecule has 0 aliphatic rings. The number of halogens is 3. The predicted molar refractivity (Wildman–Crippen MR) is 116 cm³/mol. The molecule has 0 unspecified atom stereocenters. The maximum atomic E-state index is 12.8. The van der Waals surface area contributed by atoms with Crippen molar-refractivity contribution >= 4 is 16.9 Å². The zero-order valence-electron chi connectivity index (χ0n) is 17.6. The summed E-state index contributed by atoms with van der Waals surface area (Å²) in [6, 6.07) is 11.8. The van der Waals surface area contributed by atoms with Gasteiger partial charge in [-0.3, -0.25) is 14.2 Å². The topological polar surface area (TPSA) is 81.8 Å². The van der Waals surface area contributed by atoms with Gasteiger partial charge in [0.1, 0.15) is 11.7 Å². The third kappa shape index (κ3) is 4.94. The molecule has 170 valence electrons. The molecule has 2 heterocycles. The van der Waals surface area contributed by atoms with Crippen LogP contribution in [0.1, 0.15) is 27.0 Å². The van der Waals surface area contributed by atoms with Gasteiger partial charge >= 0.3 is 6.18 Å². The van der Waals surface area contributed by atoms with E-state index in [1.54, 1.807) is 0 Å². The van der Waals surface area contributed by atoms with E-state index in [0.717, 1.165) is 35.4 Å². The highest BCUT2D eigenvalue weighted by Gasteiger charge is 2.30. The summed E-state index contributed by atoms with van der Waals surface area (Å²) in [5.41, 5.74) is 1.55. The molecule has 10 heteroatoms. The zero-order chi connectivity index (χ0) is 23.6. The molecule has 0 aliphatic carbocycles. The van der Waals surface area contributed by atoms with E-state index >= 15 is 0 Å². The number of alkyl halides is 3. The zero-order valence-corrected chi connectivity index (χ0v) is 17.6. The lowest BCUT2D eigenvalue weighted by atomic mass is 10.1. The van der Waals surface area contributed by atoms with E-state index in [2.05, 4.69) is 15.4 Å². The molecule has 2 aromatic carbocycles. The molecule has 0 radical (unpaired) electrons. The summed E-state index contributed by atoms with van der Waals surface area (Å²) in [5, 5.41) is 7.18. The van der Waals surface area contributed by atoms with Gasteiger partial charge in [0.25, 0.3) is 11.5 Å². The smallest absolute Gasteiger partial charge is 0.350 e. The molecule has 0 saturated carbocycles. The molecule has 0 bridgehead atoms. The average molecular weight is 455 g/mol. The first kappa shape index (κ1) is 22.3. The van der Waals surface area contributed by atoms with Crippen LogP contribution in [-0.4, -0.2) is 31.8 Å². The summed E-state index contributed by atoms with van der Waals surface area (Å²) < 4.78 is 40.9. The van der Waals surface area contributed by atoms with Crippen LogP contribution in [0, 0.1) is 6.92 Å². The van der Waals surface area contributed by atoms with Crippen molar-refractivity contribution in [2.75, 3.05) is 6.54 Å². The molecule has 4 aromatic rings. The van der Waals surface area contributed by atoms with Crippen molar-refractivity contribution in [3.05, 3.63) is 93.7 Å². The molecule has 0 fully saturated rings. The molecule has 2 aromatic heterocycles. The normalized spacial score (nSPS) is 11.6. The Morgan fingerprint density at radius 2 is 1.88 bits per heavy atom. The Morgan fingerprint density at radius 1 is 1.12 bits per heavy atom. The lowest BCUT2D eigenvalue weighted by Gasteiger charge is -2.09. The fraction of sp³-hybridized carbons (Fsp3) is 0.217. The molecule has 0 spiro atoms. The van der Waals surface area contributed by atoms with Crippen LogP contribution >= 0.6 is 0 Å². The van der Waals surface area contributed by atoms with Crippen molar-refractivity contribution in [2.24, 2.45) is 0 Å². The summed E-state index contributed by atoms with van der Waals surface area (Å²) in [7, 11) is 0. The number of carbonyl (C=O) groups excluding carboxylic acids is 1. The largest absolute Gasteiger partial charge is 0.416 e. The average Bonchev–Trinajstić information content (AvgIpc) is 3.19.